The lowest BCUT2D eigenvalue weighted by Gasteiger charge is -2.23. The lowest BCUT2D eigenvalue weighted by Crippen LogP contribution is -2.44. The molecular formula is C11H19N5O3. The van der Waals surface area contributed by atoms with Gasteiger partial charge in [0.2, 0.25) is 0 Å². The highest BCUT2D eigenvalue weighted by molar-refractivity contribution is 5.77. The van der Waals surface area contributed by atoms with Crippen LogP contribution in [0.25, 0.3) is 0 Å². The Morgan fingerprint density at radius 1 is 1.47 bits per heavy atom. The molecule has 8 nitrogen and oxygen atoms in total. The van der Waals surface area contributed by atoms with Crippen molar-refractivity contribution in [2.75, 3.05) is 6.54 Å². The van der Waals surface area contributed by atoms with Crippen LogP contribution in [0.15, 0.2) is 6.33 Å². The van der Waals surface area contributed by atoms with E-state index in [1.165, 1.54) is 6.33 Å². The summed E-state index contributed by atoms with van der Waals surface area (Å²) in [5.74, 6) is -0.310. The largest absolute Gasteiger partial charge is 0.481 e. The first kappa shape index (κ1) is 14.9. The first-order valence-electron chi connectivity index (χ1n) is 5.97. The highest BCUT2D eigenvalue weighted by Crippen LogP contribution is 2.19. The normalized spacial score (nSPS) is 13.6. The molecule has 1 aromatic heterocycles. The molecule has 19 heavy (non-hydrogen) atoms. The number of aliphatic carboxylic acids is 1. The summed E-state index contributed by atoms with van der Waals surface area (Å²) >= 11 is 0. The van der Waals surface area contributed by atoms with Crippen LogP contribution in [-0.2, 0) is 18.4 Å². The number of carboxylic acid groups (broad SMARTS) is 1. The van der Waals surface area contributed by atoms with Crippen LogP contribution in [0.5, 0.6) is 0 Å². The summed E-state index contributed by atoms with van der Waals surface area (Å²) in [7, 11) is 1.77. The summed E-state index contributed by atoms with van der Waals surface area (Å²) in [6, 6.07) is -0.427. The Kier molecular flexibility index (Phi) is 4.85. The summed E-state index contributed by atoms with van der Waals surface area (Å²) in [5, 5.41) is 21.7. The van der Waals surface area contributed by atoms with Gasteiger partial charge in [-0.2, -0.15) is 0 Å². The number of carbonyl (C=O) groups is 2. The number of hydrogen-bond donors (Lipinski definition) is 3. The van der Waals surface area contributed by atoms with Crippen LogP contribution in [0.3, 0.4) is 0 Å². The maximum absolute atomic E-state index is 11.6. The van der Waals surface area contributed by atoms with E-state index in [4.69, 9.17) is 5.11 Å². The molecule has 3 N–H and O–H groups in total. The van der Waals surface area contributed by atoms with Crippen LogP contribution in [0.2, 0.25) is 0 Å². The summed E-state index contributed by atoms with van der Waals surface area (Å²) in [5.41, 5.74) is -0.956. The zero-order valence-corrected chi connectivity index (χ0v) is 11.3. The summed E-state index contributed by atoms with van der Waals surface area (Å²) in [6.07, 6.45) is 1.97. The molecular weight excluding hydrogens is 250 g/mol. The fourth-order valence-electron chi connectivity index (χ4n) is 1.32. The van der Waals surface area contributed by atoms with Gasteiger partial charge >= 0.3 is 12.0 Å². The maximum atomic E-state index is 11.6. The summed E-state index contributed by atoms with van der Waals surface area (Å²) in [6.45, 7) is 3.67. The van der Waals surface area contributed by atoms with Crippen LogP contribution in [-0.4, -0.2) is 38.4 Å². The van der Waals surface area contributed by atoms with Crippen LogP contribution in [0.4, 0.5) is 4.79 Å². The number of amides is 2. The average Bonchev–Trinajstić information content (AvgIpc) is 2.78. The molecule has 1 aromatic rings. The molecule has 1 rings (SSSR count). The van der Waals surface area contributed by atoms with Crippen molar-refractivity contribution in [1.82, 2.24) is 25.4 Å². The smallest absolute Gasteiger partial charge is 0.315 e. The number of nitrogens with zero attached hydrogens (tertiary/aromatic N) is 3. The molecule has 0 aliphatic rings. The molecule has 0 spiro atoms. The van der Waals surface area contributed by atoms with E-state index in [0.717, 1.165) is 0 Å². The molecule has 8 heteroatoms. The molecule has 0 radical (unpaired) electrons. The standard InChI is InChI=1S/C11H19N5O3/c1-4-11(2,9(17)18)6-13-10(19)12-5-8-15-14-7-16(8)3/h7H,4-6H2,1-3H3,(H,17,18)(H2,12,13,19). The van der Waals surface area contributed by atoms with E-state index < -0.39 is 17.4 Å². The van der Waals surface area contributed by atoms with Crippen molar-refractivity contribution < 1.29 is 14.7 Å². The second-order valence-corrected chi connectivity index (χ2v) is 4.61. The topological polar surface area (TPSA) is 109 Å². The second-order valence-electron chi connectivity index (χ2n) is 4.61. The third-order valence-corrected chi connectivity index (χ3v) is 3.15. The van der Waals surface area contributed by atoms with Crippen molar-refractivity contribution in [3.05, 3.63) is 12.2 Å². The number of hydrogen-bond acceptors (Lipinski definition) is 4. The Hall–Kier alpha value is -2.12. The Bertz CT molecular complexity index is 459. The van der Waals surface area contributed by atoms with Gasteiger partial charge in [0.15, 0.2) is 5.82 Å². The molecule has 0 bridgehead atoms. The molecule has 1 heterocycles. The van der Waals surface area contributed by atoms with Gasteiger partial charge in [-0.25, -0.2) is 4.79 Å². The van der Waals surface area contributed by atoms with Gasteiger partial charge in [0.05, 0.1) is 12.0 Å². The third-order valence-electron chi connectivity index (χ3n) is 3.15. The number of aryl methyl sites for hydroxylation is 1. The van der Waals surface area contributed by atoms with Gasteiger partial charge in [-0.05, 0) is 13.3 Å². The zero-order valence-electron chi connectivity index (χ0n) is 11.3. The van der Waals surface area contributed by atoms with Crippen molar-refractivity contribution in [3.8, 4) is 0 Å². The number of carboxylic acids is 1. The second kappa shape index (κ2) is 6.17. The third kappa shape index (κ3) is 3.94. The lowest BCUT2D eigenvalue weighted by molar-refractivity contribution is -0.147. The minimum absolute atomic E-state index is 0.0729. The highest BCUT2D eigenvalue weighted by Gasteiger charge is 2.31. The van der Waals surface area contributed by atoms with Crippen molar-refractivity contribution in [3.63, 3.8) is 0 Å². The van der Waals surface area contributed by atoms with Crippen LogP contribution in [0, 0.1) is 5.41 Å². The Morgan fingerprint density at radius 2 is 2.16 bits per heavy atom. The SMILES string of the molecule is CCC(C)(CNC(=O)NCc1nncn1C)C(=O)O. The Labute approximate surface area is 111 Å². The highest BCUT2D eigenvalue weighted by atomic mass is 16.4. The number of nitrogens with one attached hydrogen (secondary N) is 2. The first-order valence-corrected chi connectivity index (χ1v) is 5.97. The molecule has 0 saturated heterocycles. The molecule has 1 unspecified atom stereocenters. The van der Waals surface area contributed by atoms with Crippen molar-refractivity contribution >= 4 is 12.0 Å². The fourth-order valence-corrected chi connectivity index (χ4v) is 1.32. The van der Waals surface area contributed by atoms with E-state index in [1.54, 1.807) is 25.5 Å². The van der Waals surface area contributed by atoms with Gasteiger partial charge in [-0.15, -0.1) is 10.2 Å². The molecule has 0 fully saturated rings. The Morgan fingerprint density at radius 3 is 2.63 bits per heavy atom. The van der Waals surface area contributed by atoms with Gasteiger partial charge in [0, 0.05) is 13.6 Å². The number of urea groups is 1. The molecule has 2 amide bonds. The van der Waals surface area contributed by atoms with Crippen LogP contribution < -0.4 is 10.6 Å². The Balaban J connectivity index is 2.40. The minimum Gasteiger partial charge on any atom is -0.481 e. The summed E-state index contributed by atoms with van der Waals surface area (Å²) < 4.78 is 1.69. The quantitative estimate of drug-likeness (QED) is 0.679. The average molecular weight is 269 g/mol. The van der Waals surface area contributed by atoms with Gasteiger partial charge in [0.1, 0.15) is 6.33 Å². The summed E-state index contributed by atoms with van der Waals surface area (Å²) in [4.78, 5) is 22.6. The zero-order chi connectivity index (χ0) is 14.5. The first-order chi connectivity index (χ1) is 8.89. The molecule has 0 aromatic carbocycles. The predicted molar refractivity (Wildman–Crippen MR) is 67.3 cm³/mol. The van der Waals surface area contributed by atoms with E-state index in [-0.39, 0.29) is 13.1 Å². The van der Waals surface area contributed by atoms with Gasteiger partial charge in [0.25, 0.3) is 0 Å². The molecule has 0 aliphatic heterocycles. The molecule has 0 aliphatic carbocycles. The van der Waals surface area contributed by atoms with Gasteiger partial charge in [-0.1, -0.05) is 6.92 Å². The lowest BCUT2D eigenvalue weighted by atomic mass is 9.88. The molecule has 106 valence electrons. The number of carbonyl (C=O) groups excluding carboxylic acids is 1. The van der Waals surface area contributed by atoms with E-state index in [1.807, 2.05) is 0 Å². The minimum atomic E-state index is -0.956. The van der Waals surface area contributed by atoms with Crippen LogP contribution >= 0.6 is 0 Å². The van der Waals surface area contributed by atoms with E-state index in [2.05, 4.69) is 20.8 Å². The van der Waals surface area contributed by atoms with Crippen molar-refractivity contribution in [2.45, 2.75) is 26.8 Å². The number of rotatable bonds is 6. The van der Waals surface area contributed by atoms with Crippen molar-refractivity contribution in [2.24, 2.45) is 12.5 Å². The monoisotopic (exact) mass is 269 g/mol. The fraction of sp³-hybridized carbons (Fsp3) is 0.636. The van der Waals surface area contributed by atoms with Crippen molar-refractivity contribution in [1.29, 1.82) is 0 Å². The predicted octanol–water partition coefficient (Wildman–Crippen LogP) is 0.115. The van der Waals surface area contributed by atoms with E-state index in [9.17, 15) is 9.59 Å². The van der Waals surface area contributed by atoms with Gasteiger partial charge in [-0.3, -0.25) is 4.79 Å². The maximum Gasteiger partial charge on any atom is 0.315 e. The van der Waals surface area contributed by atoms with E-state index in [0.29, 0.717) is 12.2 Å². The van der Waals surface area contributed by atoms with Gasteiger partial charge < -0.3 is 20.3 Å². The molecule has 0 saturated carbocycles. The van der Waals surface area contributed by atoms with E-state index >= 15 is 0 Å². The molecule has 1 atom stereocenters. The number of aromatic nitrogens is 3. The van der Waals surface area contributed by atoms with Crippen LogP contribution in [0.1, 0.15) is 26.1 Å².